The smallest absolute Gasteiger partial charge is 0.139 e. The Morgan fingerprint density at radius 1 is 1.43 bits per heavy atom. The van der Waals surface area contributed by atoms with Gasteiger partial charge in [-0.25, -0.2) is 4.99 Å². The summed E-state index contributed by atoms with van der Waals surface area (Å²) in [6, 6.07) is 7.08. The molecule has 0 aliphatic heterocycles. The van der Waals surface area contributed by atoms with Crippen molar-refractivity contribution in [1.82, 2.24) is 0 Å². The first kappa shape index (κ1) is 10.6. The second-order valence-corrected chi connectivity index (χ2v) is 3.21. The Balaban J connectivity index is 2.91. The van der Waals surface area contributed by atoms with Gasteiger partial charge in [-0.15, -0.1) is 0 Å². The van der Waals surface area contributed by atoms with Crippen LogP contribution in [0.25, 0.3) is 0 Å². The van der Waals surface area contributed by atoms with Crippen LogP contribution in [0.4, 0.5) is 11.4 Å². The molecule has 1 aromatic rings. The van der Waals surface area contributed by atoms with Gasteiger partial charge in [0.2, 0.25) is 0 Å². The Labute approximate surface area is 87.8 Å². The maximum atomic E-state index is 5.60. The molecule has 74 valence electrons. The van der Waals surface area contributed by atoms with E-state index in [0.717, 1.165) is 0 Å². The number of nitrogens with zero attached hydrogens (tertiary/aromatic N) is 1. The predicted molar refractivity (Wildman–Crippen MR) is 63.8 cm³/mol. The summed E-state index contributed by atoms with van der Waals surface area (Å²) in [7, 11) is 0. The summed E-state index contributed by atoms with van der Waals surface area (Å²) in [6.45, 7) is 0.229. The van der Waals surface area contributed by atoms with Crippen LogP contribution in [0.1, 0.15) is 0 Å². The number of hydrogen-bond acceptors (Lipinski definition) is 4. The van der Waals surface area contributed by atoms with Crippen LogP contribution in [0, 0.1) is 0 Å². The van der Waals surface area contributed by atoms with E-state index in [0.29, 0.717) is 16.2 Å². The number of nitrogens with two attached hydrogens (primary N) is 3. The normalized spacial score (nSPS) is 11.4. The molecule has 0 aliphatic rings. The Morgan fingerprint density at radius 2 is 2.14 bits per heavy atom. The third kappa shape index (κ3) is 2.79. The van der Waals surface area contributed by atoms with E-state index >= 15 is 0 Å². The Bertz CT molecular complexity index is 373. The summed E-state index contributed by atoms with van der Waals surface area (Å²) in [5.41, 5.74) is 17.8. The lowest BCUT2D eigenvalue weighted by molar-refractivity contribution is 1.34. The molecule has 6 N–H and O–H groups in total. The Kier molecular flexibility index (Phi) is 3.55. The van der Waals surface area contributed by atoms with Crippen LogP contribution in [0.3, 0.4) is 0 Å². The molecule has 0 atom stereocenters. The number of hydrogen-bond donors (Lipinski definition) is 3. The fourth-order valence-corrected chi connectivity index (χ4v) is 0.946. The van der Waals surface area contributed by atoms with E-state index < -0.39 is 0 Å². The molecular weight excluding hydrogens is 196 g/mol. The number of thiocarbonyl (C=S) groups is 1. The SMILES string of the molecule is NCC(=S)C(N)=Nc1cccc(N)c1. The molecule has 0 saturated heterocycles. The lowest BCUT2D eigenvalue weighted by atomic mass is 10.3. The number of rotatable bonds is 3. The maximum Gasteiger partial charge on any atom is 0.139 e. The molecule has 0 bridgehead atoms. The maximum absolute atomic E-state index is 5.60. The molecule has 0 fully saturated rings. The van der Waals surface area contributed by atoms with Crippen molar-refractivity contribution in [2.24, 2.45) is 16.5 Å². The van der Waals surface area contributed by atoms with Gasteiger partial charge >= 0.3 is 0 Å². The van der Waals surface area contributed by atoms with Gasteiger partial charge in [-0.3, -0.25) is 0 Å². The summed E-state index contributed by atoms with van der Waals surface area (Å²) in [5.74, 6) is 0.271. The van der Waals surface area contributed by atoms with Gasteiger partial charge in [0.1, 0.15) is 5.84 Å². The van der Waals surface area contributed by atoms with E-state index in [-0.39, 0.29) is 12.4 Å². The third-order valence-corrected chi connectivity index (χ3v) is 1.97. The zero-order valence-corrected chi connectivity index (χ0v) is 8.42. The van der Waals surface area contributed by atoms with E-state index in [1.807, 2.05) is 0 Å². The van der Waals surface area contributed by atoms with E-state index in [2.05, 4.69) is 4.99 Å². The number of anilines is 1. The molecule has 1 rings (SSSR count). The number of aliphatic imine (C=N–C) groups is 1. The quantitative estimate of drug-likeness (QED) is 0.293. The molecule has 0 heterocycles. The first-order valence-corrected chi connectivity index (χ1v) is 4.47. The molecule has 0 saturated carbocycles. The van der Waals surface area contributed by atoms with Gasteiger partial charge in [-0.1, -0.05) is 18.3 Å². The molecule has 0 amide bonds. The second kappa shape index (κ2) is 4.69. The summed E-state index contributed by atoms with van der Waals surface area (Å²) < 4.78 is 0. The first-order chi connectivity index (χ1) is 6.63. The number of amidine groups is 1. The highest BCUT2D eigenvalue weighted by atomic mass is 32.1. The van der Waals surface area contributed by atoms with Gasteiger partial charge in [-0.2, -0.15) is 0 Å². The van der Waals surface area contributed by atoms with Crippen LogP contribution >= 0.6 is 12.2 Å². The first-order valence-electron chi connectivity index (χ1n) is 4.06. The average Bonchev–Trinajstić information content (AvgIpc) is 2.16. The van der Waals surface area contributed by atoms with Crippen LogP contribution in [-0.4, -0.2) is 17.2 Å². The summed E-state index contributed by atoms with van der Waals surface area (Å²) >= 11 is 4.90. The topological polar surface area (TPSA) is 90.4 Å². The van der Waals surface area contributed by atoms with Crippen LogP contribution < -0.4 is 17.2 Å². The second-order valence-electron chi connectivity index (χ2n) is 2.72. The summed E-state index contributed by atoms with van der Waals surface area (Å²) in [4.78, 5) is 4.54. The molecule has 5 heteroatoms. The van der Waals surface area contributed by atoms with Crippen LogP contribution in [0.15, 0.2) is 29.3 Å². The van der Waals surface area contributed by atoms with E-state index in [1.54, 1.807) is 24.3 Å². The number of benzene rings is 1. The van der Waals surface area contributed by atoms with Gasteiger partial charge in [0.05, 0.1) is 10.6 Å². The third-order valence-electron chi connectivity index (χ3n) is 1.59. The predicted octanol–water partition coefficient (Wildman–Crippen LogP) is 0.586. The van der Waals surface area contributed by atoms with Crippen molar-refractivity contribution >= 4 is 34.3 Å². The fourth-order valence-electron chi connectivity index (χ4n) is 0.900. The van der Waals surface area contributed by atoms with Crippen molar-refractivity contribution in [3.63, 3.8) is 0 Å². The molecule has 1 aromatic carbocycles. The van der Waals surface area contributed by atoms with Crippen molar-refractivity contribution in [2.45, 2.75) is 0 Å². The van der Waals surface area contributed by atoms with E-state index in [1.165, 1.54) is 0 Å². The zero-order chi connectivity index (χ0) is 10.6. The highest BCUT2D eigenvalue weighted by molar-refractivity contribution is 7.82. The minimum absolute atomic E-state index is 0.229. The van der Waals surface area contributed by atoms with E-state index in [9.17, 15) is 0 Å². The highest BCUT2D eigenvalue weighted by Crippen LogP contribution is 2.14. The lowest BCUT2D eigenvalue weighted by Gasteiger charge is -2.00. The monoisotopic (exact) mass is 208 g/mol. The highest BCUT2D eigenvalue weighted by Gasteiger charge is 1.99. The van der Waals surface area contributed by atoms with E-state index in [4.69, 9.17) is 29.4 Å². The molecule has 4 nitrogen and oxygen atoms in total. The fraction of sp³-hybridized carbons (Fsp3) is 0.111. The standard InChI is InChI=1S/C9H12N4S/c10-5-8(14)9(12)13-7-3-1-2-6(11)4-7/h1-4H,5,10-11H2,(H2,12,13). The molecule has 14 heavy (non-hydrogen) atoms. The molecule has 0 radical (unpaired) electrons. The minimum Gasteiger partial charge on any atom is -0.399 e. The summed E-state index contributed by atoms with van der Waals surface area (Å²) in [6.07, 6.45) is 0. The van der Waals surface area contributed by atoms with Crippen molar-refractivity contribution in [3.8, 4) is 0 Å². The van der Waals surface area contributed by atoms with Gasteiger partial charge in [0.25, 0.3) is 0 Å². The molecule has 0 spiro atoms. The van der Waals surface area contributed by atoms with Crippen LogP contribution in [-0.2, 0) is 0 Å². The van der Waals surface area contributed by atoms with Crippen LogP contribution in [0.5, 0.6) is 0 Å². The average molecular weight is 208 g/mol. The van der Waals surface area contributed by atoms with Crippen molar-refractivity contribution < 1.29 is 0 Å². The molecule has 0 aliphatic carbocycles. The van der Waals surface area contributed by atoms with Gasteiger partial charge in [0, 0.05) is 12.2 Å². The number of nitrogen functional groups attached to an aromatic ring is 1. The largest absolute Gasteiger partial charge is 0.399 e. The molecule has 0 unspecified atom stereocenters. The van der Waals surface area contributed by atoms with Crippen molar-refractivity contribution in [1.29, 1.82) is 0 Å². The van der Waals surface area contributed by atoms with Gasteiger partial charge in [-0.05, 0) is 18.2 Å². The van der Waals surface area contributed by atoms with Crippen molar-refractivity contribution in [2.75, 3.05) is 12.3 Å². The van der Waals surface area contributed by atoms with Gasteiger partial charge < -0.3 is 17.2 Å². The lowest BCUT2D eigenvalue weighted by Crippen LogP contribution is -2.28. The zero-order valence-electron chi connectivity index (χ0n) is 7.60. The van der Waals surface area contributed by atoms with Crippen LogP contribution in [0.2, 0.25) is 0 Å². The minimum atomic E-state index is 0.229. The molecular formula is C9H12N4S. The van der Waals surface area contributed by atoms with Crippen molar-refractivity contribution in [3.05, 3.63) is 24.3 Å². The Morgan fingerprint density at radius 3 is 2.71 bits per heavy atom. The summed E-state index contributed by atoms with van der Waals surface area (Å²) in [5, 5.41) is 0. The Hall–Kier alpha value is -1.46. The molecule has 0 aromatic heterocycles. The van der Waals surface area contributed by atoms with Gasteiger partial charge in [0.15, 0.2) is 0 Å².